The molecular weight excluding hydrogens is 296 g/mol. The SMILES string of the molecule is CCOCCN1C(=O)CSC1c1ccc(N2CCCC2)cc1. The van der Waals surface area contributed by atoms with Crippen LogP contribution in [0.15, 0.2) is 24.3 Å². The van der Waals surface area contributed by atoms with Crippen molar-refractivity contribution in [3.8, 4) is 0 Å². The van der Waals surface area contributed by atoms with E-state index < -0.39 is 0 Å². The first-order chi connectivity index (χ1) is 10.8. The zero-order valence-corrected chi connectivity index (χ0v) is 14.0. The monoisotopic (exact) mass is 320 g/mol. The molecule has 0 aromatic heterocycles. The van der Waals surface area contributed by atoms with E-state index in [0.717, 1.165) is 13.1 Å². The fraction of sp³-hybridized carbons (Fsp3) is 0.588. The lowest BCUT2D eigenvalue weighted by Gasteiger charge is -2.25. The maximum atomic E-state index is 12.1. The summed E-state index contributed by atoms with van der Waals surface area (Å²) in [4.78, 5) is 16.5. The zero-order chi connectivity index (χ0) is 15.4. The number of nitrogens with zero attached hydrogens (tertiary/aromatic N) is 2. The zero-order valence-electron chi connectivity index (χ0n) is 13.2. The van der Waals surface area contributed by atoms with Crippen LogP contribution in [0.4, 0.5) is 5.69 Å². The van der Waals surface area contributed by atoms with Gasteiger partial charge in [0.05, 0.1) is 12.4 Å². The Morgan fingerprint density at radius 2 is 1.95 bits per heavy atom. The summed E-state index contributed by atoms with van der Waals surface area (Å²) in [5.74, 6) is 0.795. The molecule has 0 radical (unpaired) electrons. The third kappa shape index (κ3) is 3.41. The number of ether oxygens (including phenoxy) is 1. The number of amides is 1. The van der Waals surface area contributed by atoms with Crippen LogP contribution in [0.1, 0.15) is 30.7 Å². The van der Waals surface area contributed by atoms with Crippen LogP contribution in [-0.2, 0) is 9.53 Å². The van der Waals surface area contributed by atoms with Crippen LogP contribution in [0.3, 0.4) is 0 Å². The summed E-state index contributed by atoms with van der Waals surface area (Å²) in [5, 5.41) is 0.139. The molecule has 0 N–H and O–H groups in total. The minimum Gasteiger partial charge on any atom is -0.380 e. The molecule has 1 aromatic carbocycles. The van der Waals surface area contributed by atoms with Crippen LogP contribution in [-0.4, -0.2) is 49.4 Å². The van der Waals surface area contributed by atoms with Gasteiger partial charge in [0.15, 0.2) is 0 Å². The van der Waals surface area contributed by atoms with Gasteiger partial charge in [-0.15, -0.1) is 11.8 Å². The molecule has 5 heteroatoms. The maximum Gasteiger partial charge on any atom is 0.233 e. The molecule has 2 saturated heterocycles. The first-order valence-corrected chi connectivity index (χ1v) is 9.18. The first kappa shape index (κ1) is 15.7. The van der Waals surface area contributed by atoms with E-state index in [1.165, 1.54) is 24.1 Å². The van der Waals surface area contributed by atoms with Gasteiger partial charge in [-0.05, 0) is 37.5 Å². The Morgan fingerprint density at radius 1 is 1.23 bits per heavy atom. The maximum absolute atomic E-state index is 12.1. The van der Waals surface area contributed by atoms with Gasteiger partial charge in [-0.1, -0.05) is 12.1 Å². The molecule has 1 aromatic rings. The summed E-state index contributed by atoms with van der Waals surface area (Å²) >= 11 is 1.72. The Balaban J connectivity index is 1.67. The summed E-state index contributed by atoms with van der Waals surface area (Å²) in [6.45, 7) is 6.30. The third-order valence-electron chi connectivity index (χ3n) is 4.30. The predicted octanol–water partition coefficient (Wildman–Crippen LogP) is 2.90. The molecule has 22 heavy (non-hydrogen) atoms. The molecule has 4 nitrogen and oxygen atoms in total. The predicted molar refractivity (Wildman–Crippen MR) is 91.3 cm³/mol. The van der Waals surface area contributed by atoms with E-state index in [0.29, 0.717) is 25.5 Å². The van der Waals surface area contributed by atoms with Crippen LogP contribution in [0.5, 0.6) is 0 Å². The van der Waals surface area contributed by atoms with Crippen molar-refractivity contribution in [1.29, 1.82) is 0 Å². The van der Waals surface area contributed by atoms with Crippen LogP contribution < -0.4 is 4.90 Å². The second-order valence-electron chi connectivity index (χ2n) is 5.73. The molecule has 3 rings (SSSR count). The van der Waals surface area contributed by atoms with Crippen molar-refractivity contribution < 1.29 is 9.53 Å². The topological polar surface area (TPSA) is 32.8 Å². The van der Waals surface area contributed by atoms with Gasteiger partial charge in [0, 0.05) is 31.9 Å². The molecule has 1 amide bonds. The summed E-state index contributed by atoms with van der Waals surface area (Å²) in [7, 11) is 0. The Kier molecular flexibility index (Phi) is 5.26. The molecule has 2 heterocycles. The molecular formula is C17H24N2O2S. The van der Waals surface area contributed by atoms with Gasteiger partial charge in [-0.3, -0.25) is 4.79 Å². The van der Waals surface area contributed by atoms with Crippen LogP contribution in [0.25, 0.3) is 0 Å². The van der Waals surface area contributed by atoms with Crippen LogP contribution in [0, 0.1) is 0 Å². The Labute approximate surface area is 136 Å². The molecule has 2 aliphatic heterocycles. The van der Waals surface area contributed by atoms with E-state index >= 15 is 0 Å². The van der Waals surface area contributed by atoms with Crippen LogP contribution >= 0.6 is 11.8 Å². The smallest absolute Gasteiger partial charge is 0.233 e. The fourth-order valence-corrected chi connectivity index (χ4v) is 4.32. The van der Waals surface area contributed by atoms with Gasteiger partial charge < -0.3 is 14.5 Å². The molecule has 2 aliphatic rings. The van der Waals surface area contributed by atoms with Gasteiger partial charge in [0.25, 0.3) is 0 Å². The normalized spacial score (nSPS) is 21.9. The number of carbonyl (C=O) groups is 1. The minimum atomic E-state index is 0.139. The quantitative estimate of drug-likeness (QED) is 0.755. The molecule has 0 aliphatic carbocycles. The highest BCUT2D eigenvalue weighted by Crippen LogP contribution is 2.39. The van der Waals surface area contributed by atoms with Crippen molar-refractivity contribution in [2.24, 2.45) is 0 Å². The lowest BCUT2D eigenvalue weighted by atomic mass is 10.1. The van der Waals surface area contributed by atoms with E-state index in [1.807, 2.05) is 11.8 Å². The van der Waals surface area contributed by atoms with Gasteiger partial charge in [-0.25, -0.2) is 0 Å². The number of rotatable bonds is 6. The van der Waals surface area contributed by atoms with Crippen molar-refractivity contribution in [2.45, 2.75) is 25.1 Å². The summed E-state index contributed by atoms with van der Waals surface area (Å²) in [6.07, 6.45) is 2.58. The standard InChI is InChI=1S/C17H24N2O2S/c1-2-21-12-11-19-16(20)13-22-17(19)14-5-7-15(8-6-14)18-9-3-4-10-18/h5-8,17H,2-4,9-13H2,1H3. The Bertz CT molecular complexity index is 500. The molecule has 0 spiro atoms. The lowest BCUT2D eigenvalue weighted by Crippen LogP contribution is -2.31. The highest BCUT2D eigenvalue weighted by Gasteiger charge is 2.32. The molecule has 0 saturated carbocycles. The molecule has 120 valence electrons. The van der Waals surface area contributed by atoms with Crippen LogP contribution in [0.2, 0.25) is 0 Å². The summed E-state index contributed by atoms with van der Waals surface area (Å²) in [6, 6.07) is 8.75. The third-order valence-corrected chi connectivity index (χ3v) is 5.55. The van der Waals surface area contributed by atoms with Gasteiger partial charge in [0.1, 0.15) is 5.37 Å². The number of thioether (sulfide) groups is 1. The number of carbonyl (C=O) groups excluding carboxylic acids is 1. The Morgan fingerprint density at radius 3 is 2.64 bits per heavy atom. The van der Waals surface area contributed by atoms with Crippen molar-refractivity contribution >= 4 is 23.4 Å². The average Bonchev–Trinajstić information content (AvgIpc) is 3.19. The second-order valence-corrected chi connectivity index (χ2v) is 6.80. The number of anilines is 1. The van der Waals surface area contributed by atoms with Gasteiger partial charge >= 0.3 is 0 Å². The molecule has 0 bridgehead atoms. The lowest BCUT2D eigenvalue weighted by molar-refractivity contribution is -0.128. The van der Waals surface area contributed by atoms with Crippen molar-refractivity contribution in [2.75, 3.05) is 43.5 Å². The first-order valence-electron chi connectivity index (χ1n) is 8.13. The second kappa shape index (κ2) is 7.38. The van der Waals surface area contributed by atoms with E-state index in [4.69, 9.17) is 4.74 Å². The fourth-order valence-electron chi connectivity index (χ4n) is 3.10. The van der Waals surface area contributed by atoms with Gasteiger partial charge in [-0.2, -0.15) is 0 Å². The molecule has 2 fully saturated rings. The van der Waals surface area contributed by atoms with Gasteiger partial charge in [0.2, 0.25) is 5.91 Å². The molecule has 1 unspecified atom stereocenters. The minimum absolute atomic E-state index is 0.139. The van der Waals surface area contributed by atoms with E-state index in [1.54, 1.807) is 11.8 Å². The van der Waals surface area contributed by atoms with E-state index in [9.17, 15) is 4.79 Å². The molecule has 1 atom stereocenters. The van der Waals surface area contributed by atoms with E-state index in [-0.39, 0.29) is 11.3 Å². The number of hydrogen-bond donors (Lipinski definition) is 0. The van der Waals surface area contributed by atoms with Crippen molar-refractivity contribution in [1.82, 2.24) is 4.90 Å². The Hall–Kier alpha value is -1.20. The van der Waals surface area contributed by atoms with Crippen molar-refractivity contribution in [3.63, 3.8) is 0 Å². The number of hydrogen-bond acceptors (Lipinski definition) is 4. The highest BCUT2D eigenvalue weighted by molar-refractivity contribution is 8.00. The van der Waals surface area contributed by atoms with Crippen molar-refractivity contribution in [3.05, 3.63) is 29.8 Å². The largest absolute Gasteiger partial charge is 0.380 e. The highest BCUT2D eigenvalue weighted by atomic mass is 32.2. The summed E-state index contributed by atoms with van der Waals surface area (Å²) < 4.78 is 5.40. The average molecular weight is 320 g/mol. The summed E-state index contributed by atoms with van der Waals surface area (Å²) in [5.41, 5.74) is 2.52. The number of benzene rings is 1. The van der Waals surface area contributed by atoms with E-state index in [2.05, 4.69) is 29.2 Å².